The minimum atomic E-state index is -0.0659. The molecule has 0 atom stereocenters. The minimum Gasteiger partial charge on any atom is -0.325 e. The Morgan fingerprint density at radius 1 is 1.41 bits per heavy atom. The van der Waals surface area contributed by atoms with Gasteiger partial charge in [0.05, 0.1) is 13.1 Å². The van der Waals surface area contributed by atoms with Gasteiger partial charge in [-0.25, -0.2) is 0 Å². The molecule has 1 amide bonds. The van der Waals surface area contributed by atoms with Gasteiger partial charge in [0.2, 0.25) is 5.91 Å². The summed E-state index contributed by atoms with van der Waals surface area (Å²) in [5.41, 5.74) is 2.06. The molecule has 3 heteroatoms. The number of nitrogens with one attached hydrogen (secondary N) is 2. The van der Waals surface area contributed by atoms with Gasteiger partial charge in [-0.3, -0.25) is 10.1 Å². The quantitative estimate of drug-likeness (QED) is 0.578. The zero-order valence-electron chi connectivity index (χ0n) is 10.1. The zero-order valence-corrected chi connectivity index (χ0v) is 10.1. The van der Waals surface area contributed by atoms with Crippen molar-refractivity contribution in [3.05, 3.63) is 29.8 Å². The molecule has 90 valence electrons. The number of benzene rings is 1. The van der Waals surface area contributed by atoms with Crippen LogP contribution >= 0.6 is 0 Å². The third kappa shape index (κ3) is 4.71. The number of aryl methyl sites for hydroxylation is 1. The lowest BCUT2D eigenvalue weighted by atomic mass is 10.1. The van der Waals surface area contributed by atoms with Crippen molar-refractivity contribution in [2.75, 3.05) is 18.4 Å². The fourth-order valence-electron chi connectivity index (χ4n) is 1.57. The molecule has 0 unspecified atom stereocenters. The van der Waals surface area contributed by atoms with Crippen molar-refractivity contribution in [3.8, 4) is 12.3 Å². The van der Waals surface area contributed by atoms with Gasteiger partial charge in [-0.05, 0) is 18.1 Å². The molecular weight excluding hydrogens is 212 g/mol. The SMILES string of the molecule is C#CCNCC(=O)Nc1ccccc1CCC. The van der Waals surface area contributed by atoms with Gasteiger partial charge in [-0.1, -0.05) is 37.5 Å². The van der Waals surface area contributed by atoms with E-state index in [9.17, 15) is 4.79 Å². The molecule has 1 aromatic carbocycles. The first kappa shape index (κ1) is 13.3. The fraction of sp³-hybridized carbons (Fsp3) is 0.357. The van der Waals surface area contributed by atoms with Gasteiger partial charge in [0.25, 0.3) is 0 Å². The van der Waals surface area contributed by atoms with Crippen molar-refractivity contribution < 1.29 is 4.79 Å². The second-order valence-electron chi connectivity index (χ2n) is 3.76. The van der Waals surface area contributed by atoms with Crippen LogP contribution in [0.4, 0.5) is 5.69 Å². The smallest absolute Gasteiger partial charge is 0.238 e. The first-order chi connectivity index (χ1) is 8.27. The topological polar surface area (TPSA) is 41.1 Å². The number of terminal acetylenes is 1. The lowest BCUT2D eigenvalue weighted by Gasteiger charge is -2.10. The Morgan fingerprint density at radius 3 is 2.88 bits per heavy atom. The Kier molecular flexibility index (Phi) is 5.84. The highest BCUT2D eigenvalue weighted by atomic mass is 16.1. The van der Waals surface area contributed by atoms with Gasteiger partial charge in [-0.15, -0.1) is 6.42 Å². The van der Waals surface area contributed by atoms with Crippen LogP contribution in [0.2, 0.25) is 0 Å². The number of hydrogen-bond acceptors (Lipinski definition) is 2. The minimum absolute atomic E-state index is 0.0659. The van der Waals surface area contributed by atoms with Crippen molar-refractivity contribution in [2.45, 2.75) is 19.8 Å². The number of anilines is 1. The molecule has 0 heterocycles. The molecule has 0 aromatic heterocycles. The maximum absolute atomic E-state index is 11.6. The molecule has 0 bridgehead atoms. The Bertz CT molecular complexity index is 407. The third-order valence-corrected chi connectivity index (χ3v) is 2.32. The molecule has 0 aliphatic heterocycles. The predicted molar refractivity (Wildman–Crippen MR) is 70.8 cm³/mol. The van der Waals surface area contributed by atoms with Crippen LogP contribution in [0.25, 0.3) is 0 Å². The summed E-state index contributed by atoms with van der Waals surface area (Å²) in [4.78, 5) is 11.6. The average Bonchev–Trinajstić information content (AvgIpc) is 2.32. The van der Waals surface area contributed by atoms with Crippen molar-refractivity contribution >= 4 is 11.6 Å². The summed E-state index contributed by atoms with van der Waals surface area (Å²) in [6.45, 7) is 2.77. The highest BCUT2D eigenvalue weighted by molar-refractivity contribution is 5.93. The number of hydrogen-bond donors (Lipinski definition) is 2. The lowest BCUT2D eigenvalue weighted by molar-refractivity contribution is -0.115. The summed E-state index contributed by atoms with van der Waals surface area (Å²) < 4.78 is 0. The molecule has 0 saturated carbocycles. The molecule has 3 nitrogen and oxygen atoms in total. The molecule has 1 aromatic rings. The van der Waals surface area contributed by atoms with E-state index in [1.165, 1.54) is 5.56 Å². The Labute approximate surface area is 103 Å². The maximum atomic E-state index is 11.6. The van der Waals surface area contributed by atoms with Crippen molar-refractivity contribution in [1.82, 2.24) is 5.32 Å². The second kappa shape index (κ2) is 7.48. The van der Waals surface area contributed by atoms with E-state index in [-0.39, 0.29) is 12.5 Å². The molecular formula is C14H18N2O. The largest absolute Gasteiger partial charge is 0.325 e. The Balaban J connectivity index is 2.55. The maximum Gasteiger partial charge on any atom is 0.238 e. The van der Waals surface area contributed by atoms with Crippen LogP contribution in [-0.2, 0) is 11.2 Å². The van der Waals surface area contributed by atoms with Crippen molar-refractivity contribution in [1.29, 1.82) is 0 Å². The van der Waals surface area contributed by atoms with E-state index in [0.29, 0.717) is 6.54 Å². The summed E-state index contributed by atoms with van der Waals surface area (Å²) in [5, 5.41) is 5.74. The standard InChI is InChI=1S/C14H18N2O/c1-3-7-12-8-5-6-9-13(12)16-14(17)11-15-10-4-2/h2,5-6,8-9,15H,3,7,10-11H2,1H3,(H,16,17). The second-order valence-corrected chi connectivity index (χ2v) is 3.76. The van der Waals surface area contributed by atoms with E-state index in [1.54, 1.807) is 0 Å². The van der Waals surface area contributed by atoms with E-state index in [2.05, 4.69) is 23.5 Å². The molecule has 1 rings (SSSR count). The normalized spacial score (nSPS) is 9.65. The number of amides is 1. The lowest BCUT2D eigenvalue weighted by Crippen LogP contribution is -2.28. The first-order valence-electron chi connectivity index (χ1n) is 5.80. The van der Waals surface area contributed by atoms with Gasteiger partial charge in [0, 0.05) is 5.69 Å². The summed E-state index contributed by atoms with van der Waals surface area (Å²) in [7, 11) is 0. The first-order valence-corrected chi connectivity index (χ1v) is 5.80. The van der Waals surface area contributed by atoms with Crippen LogP contribution in [0.1, 0.15) is 18.9 Å². The number of rotatable bonds is 6. The van der Waals surface area contributed by atoms with E-state index < -0.39 is 0 Å². The van der Waals surface area contributed by atoms with Crippen LogP contribution in [-0.4, -0.2) is 19.0 Å². The summed E-state index contributed by atoms with van der Waals surface area (Å²) in [5.74, 6) is 2.36. The Morgan fingerprint density at radius 2 is 2.18 bits per heavy atom. The van der Waals surface area contributed by atoms with Crippen LogP contribution in [0.5, 0.6) is 0 Å². The van der Waals surface area contributed by atoms with Crippen LogP contribution in [0.3, 0.4) is 0 Å². The molecule has 0 fully saturated rings. The average molecular weight is 230 g/mol. The van der Waals surface area contributed by atoms with Gasteiger partial charge in [0.1, 0.15) is 0 Å². The van der Waals surface area contributed by atoms with E-state index in [1.807, 2.05) is 24.3 Å². The molecule has 0 aliphatic rings. The molecule has 2 N–H and O–H groups in total. The van der Waals surface area contributed by atoms with E-state index >= 15 is 0 Å². The highest BCUT2D eigenvalue weighted by Gasteiger charge is 2.04. The zero-order chi connectivity index (χ0) is 12.5. The van der Waals surface area contributed by atoms with Gasteiger partial charge in [0.15, 0.2) is 0 Å². The molecule has 0 saturated heterocycles. The van der Waals surface area contributed by atoms with Crippen molar-refractivity contribution in [3.63, 3.8) is 0 Å². The highest BCUT2D eigenvalue weighted by Crippen LogP contribution is 2.16. The van der Waals surface area contributed by atoms with Crippen LogP contribution in [0.15, 0.2) is 24.3 Å². The van der Waals surface area contributed by atoms with Crippen LogP contribution < -0.4 is 10.6 Å². The molecule has 0 aliphatic carbocycles. The summed E-state index contributed by atoms with van der Waals surface area (Å²) in [6, 6.07) is 7.86. The summed E-state index contributed by atoms with van der Waals surface area (Å²) >= 11 is 0. The molecule has 0 radical (unpaired) electrons. The predicted octanol–water partition coefficient (Wildman–Crippen LogP) is 1.80. The van der Waals surface area contributed by atoms with Gasteiger partial charge < -0.3 is 5.32 Å². The van der Waals surface area contributed by atoms with Crippen LogP contribution in [0, 0.1) is 12.3 Å². The van der Waals surface area contributed by atoms with E-state index in [0.717, 1.165) is 18.5 Å². The van der Waals surface area contributed by atoms with Gasteiger partial charge >= 0.3 is 0 Å². The third-order valence-electron chi connectivity index (χ3n) is 2.32. The molecule has 0 spiro atoms. The molecule has 17 heavy (non-hydrogen) atoms. The number of carbonyl (C=O) groups excluding carboxylic acids is 1. The summed E-state index contributed by atoms with van der Waals surface area (Å²) in [6.07, 6.45) is 7.11. The Hall–Kier alpha value is -1.79. The fourth-order valence-corrected chi connectivity index (χ4v) is 1.57. The number of carbonyl (C=O) groups is 1. The van der Waals surface area contributed by atoms with E-state index in [4.69, 9.17) is 6.42 Å². The number of para-hydroxylation sites is 1. The monoisotopic (exact) mass is 230 g/mol. The van der Waals surface area contributed by atoms with Gasteiger partial charge in [-0.2, -0.15) is 0 Å². The van der Waals surface area contributed by atoms with Crippen molar-refractivity contribution in [2.24, 2.45) is 0 Å².